The summed E-state index contributed by atoms with van der Waals surface area (Å²) < 4.78 is 0. The predicted octanol–water partition coefficient (Wildman–Crippen LogP) is 3.48. The Morgan fingerprint density at radius 2 is 1.86 bits per heavy atom. The summed E-state index contributed by atoms with van der Waals surface area (Å²) in [7, 11) is 0. The third kappa shape index (κ3) is 2.68. The zero-order valence-corrected chi connectivity index (χ0v) is 12.7. The van der Waals surface area contributed by atoms with E-state index in [2.05, 4.69) is 11.9 Å². The van der Waals surface area contributed by atoms with Gasteiger partial charge in [-0.15, -0.1) is 0 Å². The predicted molar refractivity (Wildman–Crippen MR) is 85.9 cm³/mol. The van der Waals surface area contributed by atoms with Crippen molar-refractivity contribution in [2.24, 2.45) is 0 Å². The van der Waals surface area contributed by atoms with Gasteiger partial charge in [-0.2, -0.15) is 0 Å². The van der Waals surface area contributed by atoms with Gasteiger partial charge in [0, 0.05) is 21.5 Å². The fourth-order valence-electron chi connectivity index (χ4n) is 2.43. The highest BCUT2D eigenvalue weighted by Gasteiger charge is 2.09. The number of carbonyl (C=O) groups excluding carboxylic acids is 1. The highest BCUT2D eigenvalue weighted by atomic mass is 35.5. The molecule has 0 saturated heterocycles. The molecule has 3 nitrogen and oxygen atoms in total. The summed E-state index contributed by atoms with van der Waals surface area (Å²) >= 11 is 5.94. The smallest absolute Gasteiger partial charge is 0.0722 e. The van der Waals surface area contributed by atoms with Gasteiger partial charge in [0.25, 0.3) is 0 Å². The Hall–Kier alpha value is -2.39. The van der Waals surface area contributed by atoms with E-state index < -0.39 is 5.97 Å². The van der Waals surface area contributed by atoms with E-state index in [-0.39, 0.29) is 5.56 Å². The molecule has 1 heterocycles. The van der Waals surface area contributed by atoms with Gasteiger partial charge in [-0.05, 0) is 36.2 Å². The van der Waals surface area contributed by atoms with Gasteiger partial charge < -0.3 is 9.90 Å². The van der Waals surface area contributed by atoms with Crippen LogP contribution in [0.15, 0.2) is 48.5 Å². The number of halogens is 1. The summed E-state index contributed by atoms with van der Waals surface area (Å²) in [5.74, 6) is -1.24. The number of carboxylic acids is 1. The maximum Gasteiger partial charge on any atom is 0.0722 e. The van der Waals surface area contributed by atoms with Crippen molar-refractivity contribution in [2.45, 2.75) is 13.3 Å². The van der Waals surface area contributed by atoms with Gasteiger partial charge in [-0.25, -0.2) is 4.98 Å². The lowest BCUT2D eigenvalue weighted by molar-refractivity contribution is -0.254. The third-order valence-electron chi connectivity index (χ3n) is 3.65. The van der Waals surface area contributed by atoms with Crippen molar-refractivity contribution < 1.29 is 9.90 Å². The first-order valence-corrected chi connectivity index (χ1v) is 7.37. The number of hydrogen-bond donors (Lipinski definition) is 0. The van der Waals surface area contributed by atoms with Crippen molar-refractivity contribution in [1.82, 2.24) is 4.98 Å². The van der Waals surface area contributed by atoms with Crippen LogP contribution in [0.25, 0.3) is 22.2 Å². The lowest BCUT2D eigenvalue weighted by Crippen LogP contribution is -2.22. The Balaban J connectivity index is 2.21. The first kappa shape index (κ1) is 14.5. The first-order valence-electron chi connectivity index (χ1n) is 6.99. The first-order chi connectivity index (χ1) is 10.6. The molecule has 1 aromatic heterocycles. The molecule has 0 fully saturated rings. The zero-order valence-electron chi connectivity index (χ0n) is 12.0. The van der Waals surface area contributed by atoms with Crippen LogP contribution >= 0.6 is 11.6 Å². The van der Waals surface area contributed by atoms with Crippen molar-refractivity contribution in [3.05, 3.63) is 64.7 Å². The van der Waals surface area contributed by atoms with E-state index in [0.717, 1.165) is 12.0 Å². The van der Waals surface area contributed by atoms with Crippen LogP contribution in [0.4, 0.5) is 0 Å². The van der Waals surface area contributed by atoms with Gasteiger partial charge in [0.05, 0.1) is 17.2 Å². The molecule has 0 radical (unpaired) electrons. The third-order valence-corrected chi connectivity index (χ3v) is 3.88. The second-order valence-electron chi connectivity index (χ2n) is 5.05. The molecule has 2 aromatic carbocycles. The SMILES string of the molecule is CCc1ccc(-c2cc(C(=O)[O-])c3cc(Cl)ccc3n2)cc1. The summed E-state index contributed by atoms with van der Waals surface area (Å²) in [6.07, 6.45) is 0.953. The maximum absolute atomic E-state index is 11.4. The van der Waals surface area contributed by atoms with E-state index in [1.807, 2.05) is 24.3 Å². The molecule has 110 valence electrons. The minimum atomic E-state index is -1.24. The van der Waals surface area contributed by atoms with Gasteiger partial charge in [-0.3, -0.25) is 0 Å². The molecule has 0 aliphatic heterocycles. The molecular weight excluding hydrogens is 298 g/mol. The molecule has 0 aliphatic carbocycles. The summed E-state index contributed by atoms with van der Waals surface area (Å²) in [5.41, 5.74) is 3.38. The Kier molecular flexibility index (Phi) is 3.82. The Morgan fingerprint density at radius 3 is 2.50 bits per heavy atom. The van der Waals surface area contributed by atoms with E-state index in [1.165, 1.54) is 11.6 Å². The fraction of sp³-hybridized carbons (Fsp3) is 0.111. The Bertz CT molecular complexity index is 857. The minimum absolute atomic E-state index is 0.0991. The number of aryl methyl sites for hydroxylation is 1. The summed E-state index contributed by atoms with van der Waals surface area (Å²) in [6, 6.07) is 14.5. The van der Waals surface area contributed by atoms with E-state index >= 15 is 0 Å². The van der Waals surface area contributed by atoms with Gasteiger partial charge in [0.1, 0.15) is 0 Å². The van der Waals surface area contributed by atoms with Crippen LogP contribution in [0, 0.1) is 0 Å². The van der Waals surface area contributed by atoms with E-state index in [9.17, 15) is 9.90 Å². The normalized spacial score (nSPS) is 10.8. The number of carboxylic acid groups (broad SMARTS) is 1. The van der Waals surface area contributed by atoms with Crippen LogP contribution in [0.1, 0.15) is 22.8 Å². The second kappa shape index (κ2) is 5.78. The zero-order chi connectivity index (χ0) is 15.7. The second-order valence-corrected chi connectivity index (χ2v) is 5.49. The fourth-order valence-corrected chi connectivity index (χ4v) is 2.60. The van der Waals surface area contributed by atoms with Crippen molar-refractivity contribution in [2.75, 3.05) is 0 Å². The van der Waals surface area contributed by atoms with Gasteiger partial charge >= 0.3 is 0 Å². The molecule has 0 amide bonds. The molecule has 22 heavy (non-hydrogen) atoms. The number of rotatable bonds is 3. The number of fused-ring (bicyclic) bond motifs is 1. The molecule has 3 rings (SSSR count). The molecular formula is C18H13ClNO2-. The average Bonchev–Trinajstić information content (AvgIpc) is 2.53. The summed E-state index contributed by atoms with van der Waals surface area (Å²) in [4.78, 5) is 16.0. The lowest BCUT2D eigenvalue weighted by atomic mass is 10.0. The number of hydrogen-bond acceptors (Lipinski definition) is 3. The van der Waals surface area contributed by atoms with E-state index in [0.29, 0.717) is 21.6 Å². The highest BCUT2D eigenvalue weighted by molar-refractivity contribution is 6.31. The Morgan fingerprint density at radius 1 is 1.14 bits per heavy atom. The number of aromatic carboxylic acids is 1. The van der Waals surface area contributed by atoms with Crippen LogP contribution in [0.3, 0.4) is 0 Å². The molecule has 0 saturated carbocycles. The molecule has 0 N–H and O–H groups in total. The Labute approximate surface area is 133 Å². The van der Waals surface area contributed by atoms with Crippen LogP contribution < -0.4 is 5.11 Å². The van der Waals surface area contributed by atoms with Crippen molar-refractivity contribution in [1.29, 1.82) is 0 Å². The number of aromatic nitrogens is 1. The molecule has 3 aromatic rings. The van der Waals surface area contributed by atoms with Crippen molar-refractivity contribution in [3.8, 4) is 11.3 Å². The molecule has 4 heteroatoms. The molecule has 0 atom stereocenters. The molecule has 0 unspecified atom stereocenters. The van der Waals surface area contributed by atoms with Crippen LogP contribution in [0.5, 0.6) is 0 Å². The highest BCUT2D eigenvalue weighted by Crippen LogP contribution is 2.27. The monoisotopic (exact) mass is 310 g/mol. The van der Waals surface area contributed by atoms with Crippen LogP contribution in [-0.4, -0.2) is 11.0 Å². The molecule has 0 spiro atoms. The van der Waals surface area contributed by atoms with Crippen molar-refractivity contribution in [3.63, 3.8) is 0 Å². The van der Waals surface area contributed by atoms with Gasteiger partial charge in [0.2, 0.25) is 0 Å². The van der Waals surface area contributed by atoms with Gasteiger partial charge in [-0.1, -0.05) is 42.8 Å². The van der Waals surface area contributed by atoms with Crippen molar-refractivity contribution >= 4 is 28.5 Å². The van der Waals surface area contributed by atoms with Crippen LogP contribution in [-0.2, 0) is 6.42 Å². The molecule has 0 aliphatic rings. The number of benzene rings is 2. The number of carbonyl (C=O) groups is 1. The number of nitrogens with zero attached hydrogens (tertiary/aromatic N) is 1. The largest absolute Gasteiger partial charge is 0.545 e. The van der Waals surface area contributed by atoms with E-state index in [4.69, 9.17) is 11.6 Å². The van der Waals surface area contributed by atoms with Gasteiger partial charge in [0.15, 0.2) is 0 Å². The maximum atomic E-state index is 11.4. The number of pyridine rings is 1. The summed E-state index contributed by atoms with van der Waals surface area (Å²) in [6.45, 7) is 2.08. The molecule has 0 bridgehead atoms. The minimum Gasteiger partial charge on any atom is -0.545 e. The van der Waals surface area contributed by atoms with Crippen LogP contribution in [0.2, 0.25) is 5.02 Å². The average molecular weight is 311 g/mol. The quantitative estimate of drug-likeness (QED) is 0.744. The van der Waals surface area contributed by atoms with E-state index in [1.54, 1.807) is 18.2 Å². The summed E-state index contributed by atoms with van der Waals surface area (Å²) in [5, 5.41) is 12.4. The topological polar surface area (TPSA) is 53.0 Å². The standard InChI is InChI=1S/C18H14ClNO2/c1-2-11-3-5-12(6-4-11)17-10-15(18(21)22)14-9-13(19)7-8-16(14)20-17/h3-10H,2H2,1H3,(H,21,22)/p-1. The lowest BCUT2D eigenvalue weighted by Gasteiger charge is -2.11.